The van der Waals surface area contributed by atoms with Crippen molar-refractivity contribution in [3.8, 4) is 0 Å². The molecule has 0 aliphatic carbocycles. The zero-order valence-electron chi connectivity index (χ0n) is 22.5. The molecule has 3 rings (SSSR count). The minimum atomic E-state index is -2.12. The van der Waals surface area contributed by atoms with Crippen LogP contribution in [0.25, 0.3) is 0 Å². The normalized spacial score (nSPS) is 24.9. The highest BCUT2D eigenvalue weighted by Gasteiger charge is 2.59. The van der Waals surface area contributed by atoms with E-state index in [-0.39, 0.29) is 35.7 Å². The molecule has 0 saturated carbocycles. The van der Waals surface area contributed by atoms with Crippen LogP contribution in [0.15, 0.2) is 42.5 Å². The molecule has 0 spiro atoms. The Morgan fingerprint density at radius 1 is 1.28 bits per heavy atom. The van der Waals surface area contributed by atoms with Crippen molar-refractivity contribution in [2.75, 3.05) is 7.05 Å². The lowest BCUT2D eigenvalue weighted by Crippen LogP contribution is -2.45. The summed E-state index contributed by atoms with van der Waals surface area (Å²) in [4.78, 5) is 39.0. The molecule has 1 amide bonds. The first-order chi connectivity index (χ1) is 16.7. The molecule has 0 radical (unpaired) electrons. The SMILES string of the molecule is CN(Cc1ccccc1)C(=O)[C@@H]1C[C@@H]2O[C@@]1(/C=C/CCC(CC(=O)O)O[Si](C)(C)C(C)(C)C)CC2=O. The zero-order valence-corrected chi connectivity index (χ0v) is 23.5. The van der Waals surface area contributed by atoms with Crippen molar-refractivity contribution in [1.82, 2.24) is 4.90 Å². The first-order valence-electron chi connectivity index (χ1n) is 12.8. The maximum Gasteiger partial charge on any atom is 0.305 e. The Hall–Kier alpha value is -2.29. The molecule has 2 saturated heterocycles. The van der Waals surface area contributed by atoms with Crippen molar-refractivity contribution >= 4 is 26.0 Å². The van der Waals surface area contributed by atoms with Crippen molar-refractivity contribution in [3.63, 3.8) is 0 Å². The van der Waals surface area contributed by atoms with Crippen molar-refractivity contribution in [2.45, 2.75) is 95.4 Å². The number of fused-ring (bicyclic) bond motifs is 2. The highest BCUT2D eigenvalue weighted by atomic mass is 28.4. The average molecular weight is 516 g/mol. The third kappa shape index (κ3) is 6.52. The third-order valence-corrected chi connectivity index (χ3v) is 12.4. The maximum absolute atomic E-state index is 13.4. The van der Waals surface area contributed by atoms with E-state index in [1.165, 1.54) is 0 Å². The molecule has 2 heterocycles. The molecule has 0 aromatic heterocycles. The van der Waals surface area contributed by atoms with Crippen LogP contribution >= 0.6 is 0 Å². The van der Waals surface area contributed by atoms with Crippen molar-refractivity contribution in [2.24, 2.45) is 5.92 Å². The Bertz CT molecular complexity index is 986. The number of ether oxygens (including phenoxy) is 1. The second-order valence-corrected chi connectivity index (χ2v) is 16.5. The van der Waals surface area contributed by atoms with Gasteiger partial charge in [-0.1, -0.05) is 63.3 Å². The highest BCUT2D eigenvalue weighted by molar-refractivity contribution is 6.74. The number of amides is 1. The van der Waals surface area contributed by atoms with Crippen LogP contribution in [-0.2, 0) is 30.1 Å². The van der Waals surface area contributed by atoms with Gasteiger partial charge < -0.3 is 19.2 Å². The van der Waals surface area contributed by atoms with E-state index in [2.05, 4.69) is 33.9 Å². The molecule has 2 fully saturated rings. The van der Waals surface area contributed by atoms with Crippen LogP contribution in [0.5, 0.6) is 0 Å². The summed E-state index contributed by atoms with van der Waals surface area (Å²) >= 11 is 0. The van der Waals surface area contributed by atoms with Gasteiger partial charge in [-0.05, 0) is 43.0 Å². The molecule has 8 heteroatoms. The number of rotatable bonds is 11. The summed E-state index contributed by atoms with van der Waals surface area (Å²) in [5, 5.41) is 9.38. The standard InChI is InChI=1S/C28H41NO6Si/c1-27(2,3)36(5,6)35-21(16-25(31)32)14-10-11-15-28-18-23(30)24(34-28)17-22(28)26(33)29(4)19-20-12-8-7-9-13-20/h7-9,11-13,15,21-22,24H,10,14,16-19H2,1-6H3,(H,31,32)/b15-11+/t21?,22-,24-,28-/m0/s1. The van der Waals surface area contributed by atoms with Gasteiger partial charge in [0.1, 0.15) is 11.7 Å². The number of carbonyl (C=O) groups is 3. The molecule has 1 unspecified atom stereocenters. The van der Waals surface area contributed by atoms with Crippen LogP contribution in [0.1, 0.15) is 58.4 Å². The Labute approximate surface area is 216 Å². The van der Waals surface area contributed by atoms with Gasteiger partial charge in [0.05, 0.1) is 18.4 Å². The van der Waals surface area contributed by atoms with Crippen molar-refractivity contribution in [1.29, 1.82) is 0 Å². The lowest BCUT2D eigenvalue weighted by molar-refractivity contribution is -0.140. The quantitative estimate of drug-likeness (QED) is 0.331. The summed E-state index contributed by atoms with van der Waals surface area (Å²) in [5.41, 5.74) is 0.121. The Morgan fingerprint density at radius 2 is 1.94 bits per heavy atom. The molecule has 1 N–H and O–H groups in total. The second kappa shape index (κ2) is 11.0. The fraction of sp³-hybridized carbons (Fsp3) is 0.607. The Balaban J connectivity index is 1.67. The Kier molecular flexibility index (Phi) is 8.63. The van der Waals surface area contributed by atoms with Gasteiger partial charge in [-0.25, -0.2) is 0 Å². The van der Waals surface area contributed by atoms with E-state index in [0.717, 1.165) is 5.56 Å². The van der Waals surface area contributed by atoms with Crippen molar-refractivity contribution in [3.05, 3.63) is 48.0 Å². The number of hydrogen-bond donors (Lipinski definition) is 1. The van der Waals surface area contributed by atoms with Crippen LogP contribution in [0.4, 0.5) is 0 Å². The van der Waals surface area contributed by atoms with Gasteiger partial charge in [0, 0.05) is 20.0 Å². The predicted octanol–water partition coefficient (Wildman–Crippen LogP) is 4.96. The number of hydrogen-bond acceptors (Lipinski definition) is 5. The van der Waals surface area contributed by atoms with Gasteiger partial charge >= 0.3 is 5.97 Å². The first-order valence-corrected chi connectivity index (χ1v) is 15.7. The number of aliphatic carboxylic acids is 1. The summed E-state index contributed by atoms with van der Waals surface area (Å²) < 4.78 is 12.5. The number of Topliss-reactive ketones (excluding diaryl/α,β-unsaturated/α-hetero) is 1. The zero-order chi connectivity index (χ0) is 26.7. The number of carboxylic acid groups (broad SMARTS) is 1. The monoisotopic (exact) mass is 515 g/mol. The largest absolute Gasteiger partial charge is 0.481 e. The van der Waals surface area contributed by atoms with E-state index in [4.69, 9.17) is 9.16 Å². The molecule has 36 heavy (non-hydrogen) atoms. The maximum atomic E-state index is 13.4. The fourth-order valence-corrected chi connectivity index (χ4v) is 6.23. The minimum Gasteiger partial charge on any atom is -0.481 e. The van der Waals surface area contributed by atoms with Crippen LogP contribution in [0, 0.1) is 5.92 Å². The molecule has 198 valence electrons. The highest BCUT2D eigenvalue weighted by Crippen LogP contribution is 2.48. The summed E-state index contributed by atoms with van der Waals surface area (Å²) in [6, 6.07) is 9.81. The van der Waals surface area contributed by atoms with Gasteiger partial charge in [-0.15, -0.1) is 0 Å². The summed E-state index contributed by atoms with van der Waals surface area (Å²) in [6.45, 7) is 11.1. The molecule has 7 nitrogen and oxygen atoms in total. The minimum absolute atomic E-state index is 0.0190. The van der Waals surface area contributed by atoms with E-state index < -0.39 is 31.9 Å². The van der Waals surface area contributed by atoms with Crippen LogP contribution in [0.2, 0.25) is 18.1 Å². The lowest BCUT2D eigenvalue weighted by atomic mass is 9.76. The van der Waals surface area contributed by atoms with E-state index >= 15 is 0 Å². The number of nitrogens with zero attached hydrogens (tertiary/aromatic N) is 1. The third-order valence-electron chi connectivity index (χ3n) is 7.87. The average Bonchev–Trinajstić information content (AvgIpc) is 3.30. The molecule has 1 aromatic rings. The second-order valence-electron chi connectivity index (χ2n) is 11.8. The molecule has 2 aliphatic rings. The topological polar surface area (TPSA) is 93.1 Å². The van der Waals surface area contributed by atoms with Crippen LogP contribution in [-0.4, -0.2) is 60.8 Å². The summed E-state index contributed by atoms with van der Waals surface area (Å²) in [5.74, 6) is -1.27. The summed E-state index contributed by atoms with van der Waals surface area (Å²) in [7, 11) is -0.336. The van der Waals surface area contributed by atoms with E-state index in [1.54, 1.807) is 11.9 Å². The van der Waals surface area contributed by atoms with E-state index in [9.17, 15) is 19.5 Å². The number of ketones is 1. The first kappa shape index (κ1) is 28.3. The molecular weight excluding hydrogens is 474 g/mol. The van der Waals surface area contributed by atoms with Gasteiger partial charge in [0.15, 0.2) is 14.1 Å². The number of benzene rings is 1. The predicted molar refractivity (Wildman–Crippen MR) is 141 cm³/mol. The number of allylic oxidation sites excluding steroid dienone is 1. The summed E-state index contributed by atoms with van der Waals surface area (Å²) in [6.07, 6.45) is 4.57. The fourth-order valence-electron chi connectivity index (χ4n) is 4.84. The molecule has 1 aromatic carbocycles. The van der Waals surface area contributed by atoms with Gasteiger partial charge in [-0.3, -0.25) is 14.4 Å². The molecule has 4 atom stereocenters. The van der Waals surface area contributed by atoms with E-state index in [1.807, 2.05) is 42.5 Å². The van der Waals surface area contributed by atoms with E-state index in [0.29, 0.717) is 25.8 Å². The van der Waals surface area contributed by atoms with Crippen LogP contribution in [0.3, 0.4) is 0 Å². The Morgan fingerprint density at radius 3 is 2.53 bits per heavy atom. The van der Waals surface area contributed by atoms with Crippen LogP contribution < -0.4 is 0 Å². The molecular formula is C28H41NO6Si. The molecule has 2 bridgehead atoms. The number of carboxylic acids is 1. The number of carbonyl (C=O) groups excluding carboxylic acids is 2. The lowest BCUT2D eigenvalue weighted by Gasteiger charge is -2.39. The van der Waals surface area contributed by atoms with Gasteiger partial charge in [0.25, 0.3) is 0 Å². The van der Waals surface area contributed by atoms with Crippen molar-refractivity contribution < 1.29 is 28.7 Å². The smallest absolute Gasteiger partial charge is 0.305 e. The van der Waals surface area contributed by atoms with Gasteiger partial charge in [-0.2, -0.15) is 0 Å². The van der Waals surface area contributed by atoms with Gasteiger partial charge in [0.2, 0.25) is 5.91 Å². The molecule has 2 aliphatic heterocycles.